The quantitative estimate of drug-likeness (QED) is 0.425. The second-order valence-electron chi connectivity index (χ2n) is 1.76. The van der Waals surface area contributed by atoms with E-state index in [1.54, 1.807) is 0 Å². The molecule has 0 aromatic rings. The molecule has 1 saturated heterocycles. The lowest BCUT2D eigenvalue weighted by Gasteiger charge is -2.03. The van der Waals surface area contributed by atoms with Crippen LogP contribution in [0.1, 0.15) is 0 Å². The lowest BCUT2D eigenvalue weighted by atomic mass is 10.6. The van der Waals surface area contributed by atoms with Crippen LogP contribution in [0.3, 0.4) is 0 Å². The molecule has 0 unspecified atom stereocenters. The molecule has 4 nitrogen and oxygen atoms in total. The van der Waals surface area contributed by atoms with Crippen molar-refractivity contribution in [2.24, 2.45) is 0 Å². The molecular weight excluding hydrogens is 120 g/mol. The van der Waals surface area contributed by atoms with E-state index in [1.807, 2.05) is 0 Å². The average Bonchev–Trinajstić information content (AvgIpc) is 1.98. The standard InChI is InChI=1S/C5H6N2O2/c1-3-6-4(8)5(9)7(3)2/h1H2,2H3,(H,6,8). The third-order valence-corrected chi connectivity index (χ3v) is 1.16. The van der Waals surface area contributed by atoms with E-state index in [0.717, 1.165) is 0 Å². The van der Waals surface area contributed by atoms with Crippen LogP contribution in [-0.4, -0.2) is 23.8 Å². The molecular formula is C5H6N2O2. The first-order valence-electron chi connectivity index (χ1n) is 2.41. The molecule has 0 aliphatic carbocycles. The number of carbonyl (C=O) groups excluding carboxylic acids is 2. The van der Waals surface area contributed by atoms with Crippen LogP contribution in [0.25, 0.3) is 0 Å². The summed E-state index contributed by atoms with van der Waals surface area (Å²) in [6.45, 7) is 3.41. The maximum atomic E-state index is 10.6. The fourth-order valence-corrected chi connectivity index (χ4v) is 0.543. The van der Waals surface area contributed by atoms with Gasteiger partial charge in [-0.05, 0) is 0 Å². The zero-order chi connectivity index (χ0) is 7.02. The molecule has 1 rings (SSSR count). The van der Waals surface area contributed by atoms with Gasteiger partial charge in [-0.2, -0.15) is 0 Å². The molecule has 0 bridgehead atoms. The summed E-state index contributed by atoms with van der Waals surface area (Å²) in [7, 11) is 1.49. The Kier molecular flexibility index (Phi) is 1.02. The Morgan fingerprint density at radius 3 is 2.22 bits per heavy atom. The fourth-order valence-electron chi connectivity index (χ4n) is 0.543. The average molecular weight is 126 g/mol. The number of likely N-dealkylation sites (N-methyl/N-ethyl adjacent to an activating group) is 1. The van der Waals surface area contributed by atoms with Gasteiger partial charge in [-0.1, -0.05) is 6.58 Å². The molecule has 48 valence electrons. The van der Waals surface area contributed by atoms with Crippen molar-refractivity contribution in [3.8, 4) is 0 Å². The maximum absolute atomic E-state index is 10.6. The molecule has 9 heavy (non-hydrogen) atoms. The van der Waals surface area contributed by atoms with Crippen molar-refractivity contribution in [3.63, 3.8) is 0 Å². The van der Waals surface area contributed by atoms with Crippen LogP contribution in [0.4, 0.5) is 0 Å². The monoisotopic (exact) mass is 126 g/mol. The summed E-state index contributed by atoms with van der Waals surface area (Å²) < 4.78 is 0. The van der Waals surface area contributed by atoms with Crippen LogP contribution in [-0.2, 0) is 9.59 Å². The summed E-state index contributed by atoms with van der Waals surface area (Å²) >= 11 is 0. The molecule has 0 aromatic carbocycles. The van der Waals surface area contributed by atoms with Gasteiger partial charge in [-0.15, -0.1) is 0 Å². The first-order chi connectivity index (χ1) is 4.13. The molecule has 4 heteroatoms. The van der Waals surface area contributed by atoms with Gasteiger partial charge in [0.15, 0.2) is 0 Å². The van der Waals surface area contributed by atoms with E-state index in [2.05, 4.69) is 11.9 Å². The van der Waals surface area contributed by atoms with E-state index in [9.17, 15) is 9.59 Å². The summed E-state index contributed by atoms with van der Waals surface area (Å²) in [6.07, 6.45) is 0. The molecule has 0 spiro atoms. The van der Waals surface area contributed by atoms with Gasteiger partial charge in [0.05, 0.1) is 0 Å². The Labute approximate surface area is 52.1 Å². The second-order valence-corrected chi connectivity index (χ2v) is 1.76. The van der Waals surface area contributed by atoms with Gasteiger partial charge in [0.2, 0.25) is 0 Å². The highest BCUT2D eigenvalue weighted by Gasteiger charge is 2.28. The Bertz CT molecular complexity index is 197. The summed E-state index contributed by atoms with van der Waals surface area (Å²) in [5.41, 5.74) is 0. The van der Waals surface area contributed by atoms with Crippen molar-refractivity contribution in [2.45, 2.75) is 0 Å². The van der Waals surface area contributed by atoms with E-state index in [0.29, 0.717) is 5.82 Å². The first kappa shape index (κ1) is 5.81. The van der Waals surface area contributed by atoms with Gasteiger partial charge in [0.1, 0.15) is 5.82 Å². The van der Waals surface area contributed by atoms with Crippen LogP contribution in [0.15, 0.2) is 12.4 Å². The van der Waals surface area contributed by atoms with Crippen molar-refractivity contribution in [2.75, 3.05) is 7.05 Å². The van der Waals surface area contributed by atoms with Gasteiger partial charge < -0.3 is 5.32 Å². The van der Waals surface area contributed by atoms with Crippen LogP contribution < -0.4 is 5.32 Å². The Balaban J connectivity index is 2.90. The molecule has 0 radical (unpaired) electrons. The number of nitrogens with one attached hydrogen (secondary N) is 1. The largest absolute Gasteiger partial charge is 0.317 e. The molecule has 1 heterocycles. The SMILES string of the molecule is C=C1NC(=O)C(=O)N1C. The lowest BCUT2D eigenvalue weighted by molar-refractivity contribution is -0.139. The summed E-state index contributed by atoms with van der Waals surface area (Å²) in [5.74, 6) is -0.826. The van der Waals surface area contributed by atoms with Crippen molar-refractivity contribution < 1.29 is 9.59 Å². The molecule has 0 aromatic heterocycles. The molecule has 2 amide bonds. The number of hydrogen-bond donors (Lipinski definition) is 1. The van der Waals surface area contributed by atoms with Crippen molar-refractivity contribution in [1.82, 2.24) is 10.2 Å². The van der Waals surface area contributed by atoms with E-state index in [1.165, 1.54) is 11.9 Å². The normalized spacial score (nSPS) is 18.8. The highest BCUT2D eigenvalue weighted by Crippen LogP contribution is 2.01. The van der Waals surface area contributed by atoms with Gasteiger partial charge >= 0.3 is 11.8 Å². The Morgan fingerprint density at radius 1 is 1.56 bits per heavy atom. The molecule has 0 saturated carbocycles. The first-order valence-corrected chi connectivity index (χ1v) is 2.41. The van der Waals surface area contributed by atoms with Gasteiger partial charge in [0, 0.05) is 7.05 Å². The third-order valence-electron chi connectivity index (χ3n) is 1.16. The molecule has 1 aliphatic rings. The summed E-state index contributed by atoms with van der Waals surface area (Å²) in [4.78, 5) is 22.2. The molecule has 1 aliphatic heterocycles. The number of nitrogens with zero attached hydrogens (tertiary/aromatic N) is 1. The second kappa shape index (κ2) is 1.58. The topological polar surface area (TPSA) is 49.4 Å². The highest BCUT2D eigenvalue weighted by molar-refractivity contribution is 6.37. The minimum absolute atomic E-state index is 0.338. The number of carbonyl (C=O) groups is 2. The predicted octanol–water partition coefficient (Wildman–Crippen LogP) is -0.954. The van der Waals surface area contributed by atoms with E-state index < -0.39 is 11.8 Å². The van der Waals surface area contributed by atoms with Gasteiger partial charge in [-0.3, -0.25) is 14.5 Å². The predicted molar refractivity (Wildman–Crippen MR) is 30.1 cm³/mol. The number of rotatable bonds is 0. The van der Waals surface area contributed by atoms with Crippen LogP contribution >= 0.6 is 0 Å². The van der Waals surface area contributed by atoms with E-state index in [-0.39, 0.29) is 0 Å². The maximum Gasteiger partial charge on any atom is 0.317 e. The molecule has 1 N–H and O–H groups in total. The fraction of sp³-hybridized carbons (Fsp3) is 0.200. The zero-order valence-electron chi connectivity index (χ0n) is 4.97. The number of hydrogen-bond acceptors (Lipinski definition) is 2. The highest BCUT2D eigenvalue weighted by atomic mass is 16.2. The van der Waals surface area contributed by atoms with Crippen LogP contribution in [0, 0.1) is 0 Å². The van der Waals surface area contributed by atoms with Gasteiger partial charge in [-0.25, -0.2) is 0 Å². The lowest BCUT2D eigenvalue weighted by Crippen LogP contribution is -2.22. The minimum Gasteiger partial charge on any atom is -0.304 e. The van der Waals surface area contributed by atoms with Crippen molar-refractivity contribution in [3.05, 3.63) is 12.4 Å². The Hall–Kier alpha value is -1.32. The smallest absolute Gasteiger partial charge is 0.304 e. The zero-order valence-corrected chi connectivity index (χ0v) is 4.97. The minimum atomic E-state index is -0.609. The Morgan fingerprint density at radius 2 is 2.11 bits per heavy atom. The van der Waals surface area contributed by atoms with Crippen molar-refractivity contribution >= 4 is 11.8 Å². The summed E-state index contributed by atoms with van der Waals surface area (Å²) in [5, 5.41) is 2.26. The van der Waals surface area contributed by atoms with E-state index >= 15 is 0 Å². The third kappa shape index (κ3) is 0.679. The van der Waals surface area contributed by atoms with E-state index in [4.69, 9.17) is 0 Å². The summed E-state index contributed by atoms with van der Waals surface area (Å²) in [6, 6.07) is 0. The number of amides is 2. The molecule has 0 atom stereocenters. The van der Waals surface area contributed by atoms with Crippen LogP contribution in [0.2, 0.25) is 0 Å². The van der Waals surface area contributed by atoms with Crippen molar-refractivity contribution in [1.29, 1.82) is 0 Å². The van der Waals surface area contributed by atoms with Gasteiger partial charge in [0.25, 0.3) is 0 Å². The van der Waals surface area contributed by atoms with Crippen LogP contribution in [0.5, 0.6) is 0 Å². The molecule has 1 fully saturated rings.